The van der Waals surface area contributed by atoms with Crippen LogP contribution in [0.5, 0.6) is 0 Å². The molecule has 1 aliphatic rings. The van der Waals surface area contributed by atoms with Gasteiger partial charge in [0.25, 0.3) is 0 Å². The summed E-state index contributed by atoms with van der Waals surface area (Å²) in [5, 5.41) is 4.71. The lowest BCUT2D eigenvalue weighted by Gasteiger charge is -2.29. The lowest BCUT2D eigenvalue weighted by Crippen LogP contribution is -2.48. The zero-order chi connectivity index (χ0) is 15.8. The fourth-order valence-electron chi connectivity index (χ4n) is 2.11. The Kier molecular flexibility index (Phi) is 7.09. The van der Waals surface area contributed by atoms with Crippen LogP contribution in [0.3, 0.4) is 0 Å². The number of ether oxygens (including phenoxy) is 1. The molecule has 0 saturated carbocycles. The van der Waals surface area contributed by atoms with E-state index in [-0.39, 0.29) is 0 Å². The van der Waals surface area contributed by atoms with Gasteiger partial charge in [-0.25, -0.2) is 0 Å². The van der Waals surface area contributed by atoms with Crippen LogP contribution in [0.1, 0.15) is 25.3 Å². The van der Waals surface area contributed by atoms with Crippen LogP contribution in [-0.2, 0) is 4.74 Å². The highest BCUT2D eigenvalue weighted by Gasteiger charge is 2.15. The molecule has 1 aromatic rings. The zero-order valence-corrected chi connectivity index (χ0v) is 14.4. The Morgan fingerprint density at radius 1 is 1.32 bits per heavy atom. The van der Waals surface area contributed by atoms with Crippen LogP contribution in [0, 0.1) is 0 Å². The number of halogens is 1. The number of amidine groups is 1. The van der Waals surface area contributed by atoms with Crippen molar-refractivity contribution in [3.63, 3.8) is 0 Å². The van der Waals surface area contributed by atoms with Crippen molar-refractivity contribution in [2.24, 2.45) is 4.99 Å². The summed E-state index contributed by atoms with van der Waals surface area (Å²) in [6, 6.07) is 7.65. The van der Waals surface area contributed by atoms with Gasteiger partial charge in [0, 0.05) is 30.2 Å². The summed E-state index contributed by atoms with van der Waals surface area (Å²) in [7, 11) is 0. The van der Waals surface area contributed by atoms with E-state index < -0.39 is 0 Å². The third-order valence-electron chi connectivity index (χ3n) is 3.42. The molecule has 1 fully saturated rings. The number of nitrogens with zero attached hydrogens (tertiary/aromatic N) is 2. The van der Waals surface area contributed by atoms with Gasteiger partial charge in [0.2, 0.25) is 0 Å². The maximum Gasteiger partial charge on any atom is 0.174 e. The summed E-state index contributed by atoms with van der Waals surface area (Å²) in [4.78, 5) is 6.78. The second kappa shape index (κ2) is 9.08. The Labute approximate surface area is 142 Å². The molecule has 0 aliphatic carbocycles. The van der Waals surface area contributed by atoms with Crippen LogP contribution in [0.2, 0.25) is 5.02 Å². The van der Waals surface area contributed by atoms with Gasteiger partial charge in [-0.3, -0.25) is 4.99 Å². The van der Waals surface area contributed by atoms with Gasteiger partial charge in [-0.1, -0.05) is 24.9 Å². The summed E-state index contributed by atoms with van der Waals surface area (Å²) in [5.41, 5.74) is 0.996. The second-order valence-corrected chi connectivity index (χ2v) is 5.94. The lowest BCUT2D eigenvalue weighted by atomic mass is 10.2. The number of morpholine rings is 1. The molecule has 0 spiro atoms. The molecule has 22 heavy (non-hydrogen) atoms. The predicted molar refractivity (Wildman–Crippen MR) is 95.9 cm³/mol. The summed E-state index contributed by atoms with van der Waals surface area (Å²) >= 11 is 11.5. The molecule has 1 aliphatic heterocycles. The van der Waals surface area contributed by atoms with E-state index in [9.17, 15) is 0 Å². The maximum absolute atomic E-state index is 5.96. The Hall–Kier alpha value is -1.17. The van der Waals surface area contributed by atoms with Crippen LogP contribution < -0.4 is 5.32 Å². The number of hydrogen-bond donors (Lipinski definition) is 1. The van der Waals surface area contributed by atoms with Gasteiger partial charge < -0.3 is 15.0 Å². The van der Waals surface area contributed by atoms with E-state index in [1.807, 2.05) is 24.3 Å². The number of thiocarbonyl (C=S) groups is 1. The highest BCUT2D eigenvalue weighted by atomic mass is 35.5. The molecule has 0 amide bonds. The van der Waals surface area contributed by atoms with E-state index >= 15 is 0 Å². The zero-order valence-electron chi connectivity index (χ0n) is 12.8. The normalized spacial score (nSPS) is 15.7. The van der Waals surface area contributed by atoms with Gasteiger partial charge in [0.1, 0.15) is 5.84 Å². The van der Waals surface area contributed by atoms with E-state index in [2.05, 4.69) is 22.1 Å². The fourth-order valence-corrected chi connectivity index (χ4v) is 2.51. The second-order valence-electron chi connectivity index (χ2n) is 5.12. The summed E-state index contributed by atoms with van der Waals surface area (Å²) in [5.74, 6) is 0.807. The smallest absolute Gasteiger partial charge is 0.174 e. The molecule has 1 N–H and O–H groups in total. The molecule has 0 aromatic heterocycles. The van der Waals surface area contributed by atoms with Crippen LogP contribution in [-0.4, -0.2) is 48.7 Å². The maximum atomic E-state index is 5.96. The number of aliphatic imine (C=N–C) groups is 1. The molecule has 2 rings (SSSR count). The Morgan fingerprint density at radius 2 is 2.00 bits per heavy atom. The first-order chi connectivity index (χ1) is 10.7. The topological polar surface area (TPSA) is 36.9 Å². The highest BCUT2D eigenvalue weighted by molar-refractivity contribution is 7.80. The number of unbranched alkanes of at least 4 members (excludes halogenated alkanes) is 1. The first kappa shape index (κ1) is 17.2. The summed E-state index contributed by atoms with van der Waals surface area (Å²) < 4.78 is 5.36. The minimum Gasteiger partial charge on any atom is -0.378 e. The van der Waals surface area contributed by atoms with Crippen molar-refractivity contribution in [2.45, 2.75) is 19.8 Å². The minimum atomic E-state index is 0.702. The first-order valence-corrected chi connectivity index (χ1v) is 8.43. The van der Waals surface area contributed by atoms with Gasteiger partial charge in [-0.2, -0.15) is 0 Å². The Morgan fingerprint density at radius 3 is 2.64 bits per heavy atom. The molecule has 0 unspecified atom stereocenters. The molecular weight excluding hydrogens is 318 g/mol. The molecule has 0 radical (unpaired) electrons. The van der Waals surface area contributed by atoms with Crippen molar-refractivity contribution >= 4 is 34.8 Å². The minimum absolute atomic E-state index is 0.702. The Balaban J connectivity index is 2.08. The van der Waals surface area contributed by atoms with Gasteiger partial charge in [0.05, 0.1) is 13.2 Å². The van der Waals surface area contributed by atoms with Crippen molar-refractivity contribution in [3.05, 3.63) is 34.9 Å². The summed E-state index contributed by atoms with van der Waals surface area (Å²) in [6.07, 6.45) is 2.17. The SMILES string of the molecule is CCCCN=C(NC(=S)N1CCOCC1)c1ccc(Cl)cc1. The molecular formula is C16H22ClN3OS. The highest BCUT2D eigenvalue weighted by Crippen LogP contribution is 2.10. The van der Waals surface area contributed by atoms with E-state index in [4.69, 9.17) is 28.6 Å². The third kappa shape index (κ3) is 5.23. The van der Waals surface area contributed by atoms with Crippen molar-refractivity contribution in [3.8, 4) is 0 Å². The molecule has 0 bridgehead atoms. The standard InChI is InChI=1S/C16H22ClN3OS/c1-2-3-8-18-15(13-4-6-14(17)7-5-13)19-16(22)20-9-11-21-12-10-20/h4-7H,2-3,8-12H2,1H3,(H,18,19,22). The van der Waals surface area contributed by atoms with E-state index in [0.29, 0.717) is 23.3 Å². The van der Waals surface area contributed by atoms with E-state index in [1.54, 1.807) is 0 Å². The molecule has 1 saturated heterocycles. The molecule has 1 aromatic carbocycles. The molecule has 120 valence electrons. The van der Waals surface area contributed by atoms with E-state index in [0.717, 1.165) is 43.9 Å². The van der Waals surface area contributed by atoms with Crippen LogP contribution in [0.25, 0.3) is 0 Å². The monoisotopic (exact) mass is 339 g/mol. The van der Waals surface area contributed by atoms with Gasteiger partial charge in [-0.05, 0) is 42.9 Å². The average molecular weight is 340 g/mol. The quantitative estimate of drug-likeness (QED) is 0.396. The number of benzene rings is 1. The van der Waals surface area contributed by atoms with Crippen molar-refractivity contribution in [1.29, 1.82) is 0 Å². The van der Waals surface area contributed by atoms with Crippen molar-refractivity contribution in [1.82, 2.24) is 10.2 Å². The molecule has 0 atom stereocenters. The van der Waals surface area contributed by atoms with Crippen molar-refractivity contribution < 1.29 is 4.74 Å². The van der Waals surface area contributed by atoms with Gasteiger partial charge in [0.15, 0.2) is 5.11 Å². The van der Waals surface area contributed by atoms with Crippen LogP contribution in [0.4, 0.5) is 0 Å². The van der Waals surface area contributed by atoms with Crippen LogP contribution >= 0.6 is 23.8 Å². The largest absolute Gasteiger partial charge is 0.378 e. The third-order valence-corrected chi connectivity index (χ3v) is 4.04. The molecule has 1 heterocycles. The number of hydrogen-bond acceptors (Lipinski definition) is 3. The molecule has 6 heteroatoms. The fraction of sp³-hybridized carbons (Fsp3) is 0.500. The number of nitrogens with one attached hydrogen (secondary N) is 1. The molecule has 4 nitrogen and oxygen atoms in total. The average Bonchev–Trinajstić information content (AvgIpc) is 2.55. The predicted octanol–water partition coefficient (Wildman–Crippen LogP) is 3.09. The van der Waals surface area contributed by atoms with E-state index in [1.165, 1.54) is 0 Å². The summed E-state index contributed by atoms with van der Waals surface area (Å²) in [6.45, 7) is 6.00. The lowest BCUT2D eigenvalue weighted by molar-refractivity contribution is 0.0681. The first-order valence-electron chi connectivity index (χ1n) is 7.64. The van der Waals surface area contributed by atoms with Crippen LogP contribution in [0.15, 0.2) is 29.3 Å². The van der Waals surface area contributed by atoms with Crippen molar-refractivity contribution in [2.75, 3.05) is 32.8 Å². The van der Waals surface area contributed by atoms with Gasteiger partial charge >= 0.3 is 0 Å². The van der Waals surface area contributed by atoms with Gasteiger partial charge in [-0.15, -0.1) is 0 Å². The number of rotatable bonds is 4. The Bertz CT molecular complexity index is 513.